The fourth-order valence-electron chi connectivity index (χ4n) is 2.58. The van der Waals surface area contributed by atoms with Crippen molar-refractivity contribution in [1.82, 2.24) is 4.90 Å². The molecule has 1 aromatic rings. The Morgan fingerprint density at radius 3 is 2.95 bits per heavy atom. The summed E-state index contributed by atoms with van der Waals surface area (Å²) in [5, 5.41) is 23.2. The van der Waals surface area contributed by atoms with Gasteiger partial charge in [0.2, 0.25) is 0 Å². The highest BCUT2D eigenvalue weighted by Gasteiger charge is 2.27. The summed E-state index contributed by atoms with van der Waals surface area (Å²) in [6.45, 7) is 3.78. The van der Waals surface area contributed by atoms with Crippen molar-refractivity contribution in [1.29, 1.82) is 0 Å². The van der Waals surface area contributed by atoms with Crippen LogP contribution in [-0.2, 0) is 11.3 Å². The highest BCUT2D eigenvalue weighted by atomic mass is 16.6. The molecule has 0 bridgehead atoms. The van der Waals surface area contributed by atoms with E-state index in [9.17, 15) is 15.2 Å². The summed E-state index contributed by atoms with van der Waals surface area (Å²) in [6.07, 6.45) is -0.196. The molecule has 2 unspecified atom stereocenters. The lowest BCUT2D eigenvalue weighted by Gasteiger charge is -2.37. The van der Waals surface area contributed by atoms with E-state index in [4.69, 9.17) is 4.74 Å². The van der Waals surface area contributed by atoms with E-state index in [0.717, 1.165) is 5.56 Å². The van der Waals surface area contributed by atoms with Gasteiger partial charge in [0.15, 0.2) is 0 Å². The smallest absolute Gasteiger partial charge is 0.292 e. The minimum atomic E-state index is -0.380. The van der Waals surface area contributed by atoms with Gasteiger partial charge >= 0.3 is 0 Å². The van der Waals surface area contributed by atoms with Crippen LogP contribution in [0.5, 0.6) is 0 Å². The molecule has 0 saturated carbocycles. The fourth-order valence-corrected chi connectivity index (χ4v) is 2.58. The van der Waals surface area contributed by atoms with Crippen molar-refractivity contribution >= 4 is 11.4 Å². The van der Waals surface area contributed by atoms with E-state index in [1.807, 2.05) is 13.0 Å². The number of nitrogens with one attached hydrogen (secondary N) is 1. The average Bonchev–Trinajstić information content (AvgIpc) is 2.49. The molecule has 1 aliphatic rings. The maximum atomic E-state index is 11.1. The second-order valence-electron chi connectivity index (χ2n) is 5.23. The molecule has 2 atom stereocenters. The average molecular weight is 295 g/mol. The molecule has 1 fully saturated rings. The van der Waals surface area contributed by atoms with Crippen LogP contribution >= 0.6 is 0 Å². The van der Waals surface area contributed by atoms with Gasteiger partial charge < -0.3 is 15.2 Å². The first kappa shape index (κ1) is 15.7. The molecule has 1 saturated heterocycles. The Bertz CT molecular complexity index is 509. The maximum Gasteiger partial charge on any atom is 0.292 e. The van der Waals surface area contributed by atoms with Crippen LogP contribution in [0.2, 0.25) is 0 Å². The van der Waals surface area contributed by atoms with E-state index in [1.165, 1.54) is 6.07 Å². The van der Waals surface area contributed by atoms with Crippen molar-refractivity contribution < 1.29 is 14.8 Å². The van der Waals surface area contributed by atoms with Gasteiger partial charge in [-0.1, -0.05) is 12.1 Å². The summed E-state index contributed by atoms with van der Waals surface area (Å²) in [5.74, 6) is 0. The summed E-state index contributed by atoms with van der Waals surface area (Å²) in [5.41, 5.74) is 1.49. The number of hydrogen-bond acceptors (Lipinski definition) is 6. The quantitative estimate of drug-likeness (QED) is 0.627. The van der Waals surface area contributed by atoms with Crippen LogP contribution < -0.4 is 5.32 Å². The van der Waals surface area contributed by atoms with Gasteiger partial charge in [-0.2, -0.15) is 0 Å². The molecule has 0 aliphatic carbocycles. The second kappa shape index (κ2) is 6.84. The number of nitro benzene ring substituents is 1. The Balaban J connectivity index is 2.22. The third-order valence-corrected chi connectivity index (χ3v) is 3.79. The summed E-state index contributed by atoms with van der Waals surface area (Å²) in [6, 6.07) is 5.28. The van der Waals surface area contributed by atoms with Crippen LogP contribution in [0.3, 0.4) is 0 Å². The van der Waals surface area contributed by atoms with Gasteiger partial charge in [0.25, 0.3) is 5.69 Å². The first-order valence-electron chi connectivity index (χ1n) is 6.97. The molecule has 0 radical (unpaired) electrons. The van der Waals surface area contributed by atoms with Gasteiger partial charge in [-0.25, -0.2) is 0 Å². The van der Waals surface area contributed by atoms with Gasteiger partial charge in [-0.15, -0.1) is 0 Å². The van der Waals surface area contributed by atoms with Crippen LogP contribution in [-0.4, -0.2) is 53.9 Å². The highest BCUT2D eigenvalue weighted by Crippen LogP contribution is 2.29. The number of rotatable bonds is 5. The largest absolute Gasteiger partial charge is 0.394 e. The molecule has 0 amide bonds. The molecule has 0 spiro atoms. The molecule has 1 heterocycles. The van der Waals surface area contributed by atoms with E-state index in [-0.39, 0.29) is 29.4 Å². The SMILES string of the molecule is CNc1c(CN2CC(CO)OCC2C)cccc1[N+](=O)[O-]. The molecule has 1 aliphatic heterocycles. The number of anilines is 1. The predicted molar refractivity (Wildman–Crippen MR) is 79.3 cm³/mol. The maximum absolute atomic E-state index is 11.1. The topological polar surface area (TPSA) is 87.9 Å². The standard InChI is InChI=1S/C14H21N3O4/c1-10-9-21-12(8-18)7-16(10)6-11-4-3-5-13(17(19)20)14(11)15-2/h3-5,10,12,15,18H,6-9H2,1-2H3. The fraction of sp³-hybridized carbons (Fsp3) is 0.571. The van der Waals surface area contributed by atoms with Crippen LogP contribution in [0.25, 0.3) is 0 Å². The summed E-state index contributed by atoms with van der Waals surface area (Å²) in [4.78, 5) is 12.9. The second-order valence-corrected chi connectivity index (χ2v) is 5.23. The molecule has 2 rings (SSSR count). The zero-order valence-electron chi connectivity index (χ0n) is 12.3. The first-order valence-corrected chi connectivity index (χ1v) is 6.97. The van der Waals surface area contributed by atoms with Gasteiger partial charge in [-0.05, 0) is 12.5 Å². The lowest BCUT2D eigenvalue weighted by atomic mass is 10.1. The third-order valence-electron chi connectivity index (χ3n) is 3.79. The first-order chi connectivity index (χ1) is 10.1. The van der Waals surface area contributed by atoms with Crippen LogP contribution in [0.15, 0.2) is 18.2 Å². The molecular weight excluding hydrogens is 274 g/mol. The zero-order valence-corrected chi connectivity index (χ0v) is 12.3. The summed E-state index contributed by atoms with van der Waals surface area (Å²) in [7, 11) is 1.69. The lowest BCUT2D eigenvalue weighted by molar-refractivity contribution is -0.384. The van der Waals surface area contributed by atoms with Crippen molar-refractivity contribution in [3.8, 4) is 0 Å². The molecule has 116 valence electrons. The van der Waals surface area contributed by atoms with E-state index < -0.39 is 0 Å². The van der Waals surface area contributed by atoms with Crippen molar-refractivity contribution in [3.63, 3.8) is 0 Å². The number of morpholine rings is 1. The van der Waals surface area contributed by atoms with Gasteiger partial charge in [-0.3, -0.25) is 15.0 Å². The van der Waals surface area contributed by atoms with E-state index in [0.29, 0.717) is 25.4 Å². The zero-order chi connectivity index (χ0) is 15.4. The predicted octanol–water partition coefficient (Wildman–Crippen LogP) is 1.22. The Labute approximate surface area is 123 Å². The number of nitro groups is 1. The Morgan fingerprint density at radius 1 is 1.57 bits per heavy atom. The van der Waals surface area contributed by atoms with Crippen molar-refractivity contribution in [2.75, 3.05) is 32.1 Å². The minimum absolute atomic E-state index is 0.0168. The van der Waals surface area contributed by atoms with Crippen molar-refractivity contribution in [2.45, 2.75) is 25.6 Å². The molecule has 1 aromatic carbocycles. The highest BCUT2D eigenvalue weighted by molar-refractivity contribution is 5.66. The Hall–Kier alpha value is -1.70. The summed E-state index contributed by atoms with van der Waals surface area (Å²) < 4.78 is 5.51. The number of ether oxygens (including phenoxy) is 1. The third kappa shape index (κ3) is 3.49. The van der Waals surface area contributed by atoms with Crippen molar-refractivity contribution in [2.24, 2.45) is 0 Å². The molecule has 7 nitrogen and oxygen atoms in total. The van der Waals surface area contributed by atoms with E-state index in [1.54, 1.807) is 13.1 Å². The normalized spacial score (nSPS) is 23.0. The number of nitrogens with zero attached hydrogens (tertiary/aromatic N) is 2. The number of benzene rings is 1. The van der Waals surface area contributed by atoms with Crippen LogP contribution in [0.1, 0.15) is 12.5 Å². The summed E-state index contributed by atoms with van der Waals surface area (Å²) >= 11 is 0. The minimum Gasteiger partial charge on any atom is -0.394 e. The van der Waals surface area contributed by atoms with Crippen LogP contribution in [0, 0.1) is 10.1 Å². The van der Waals surface area contributed by atoms with Gasteiger partial charge in [0.1, 0.15) is 5.69 Å². The molecule has 7 heteroatoms. The van der Waals surface area contributed by atoms with Crippen LogP contribution in [0.4, 0.5) is 11.4 Å². The number of aliphatic hydroxyl groups is 1. The Morgan fingerprint density at radius 2 is 2.33 bits per heavy atom. The monoisotopic (exact) mass is 295 g/mol. The Kier molecular flexibility index (Phi) is 5.11. The molecule has 0 aromatic heterocycles. The number of hydrogen-bond donors (Lipinski definition) is 2. The lowest BCUT2D eigenvalue weighted by Crippen LogP contribution is -2.48. The number of aliphatic hydroxyl groups excluding tert-OH is 1. The van der Waals surface area contributed by atoms with E-state index >= 15 is 0 Å². The molecular formula is C14H21N3O4. The number of para-hydroxylation sites is 1. The molecule has 2 N–H and O–H groups in total. The molecule has 21 heavy (non-hydrogen) atoms. The van der Waals surface area contributed by atoms with E-state index in [2.05, 4.69) is 10.2 Å². The van der Waals surface area contributed by atoms with Gasteiger partial charge in [0, 0.05) is 32.2 Å². The van der Waals surface area contributed by atoms with Crippen molar-refractivity contribution in [3.05, 3.63) is 33.9 Å². The van der Waals surface area contributed by atoms with Gasteiger partial charge in [0.05, 0.1) is 24.2 Å².